The number of hydrogen-bond donors (Lipinski definition) is 1. The van der Waals surface area contributed by atoms with Crippen molar-refractivity contribution in [1.82, 2.24) is 14.8 Å². The molecule has 0 unspecified atom stereocenters. The lowest BCUT2D eigenvalue weighted by Crippen LogP contribution is -2.25. The van der Waals surface area contributed by atoms with Crippen molar-refractivity contribution in [3.63, 3.8) is 0 Å². The second kappa shape index (κ2) is 5.21. The summed E-state index contributed by atoms with van der Waals surface area (Å²) in [5.41, 5.74) is 2.05. The Morgan fingerprint density at radius 3 is 2.67 bits per heavy atom. The first kappa shape index (κ1) is 13.6. The van der Waals surface area contributed by atoms with Crippen molar-refractivity contribution in [3.05, 3.63) is 58.5 Å². The lowest BCUT2D eigenvalue weighted by Gasteiger charge is -2.07. The minimum atomic E-state index is -0.410. The molecule has 0 radical (unpaired) electrons. The lowest BCUT2D eigenvalue weighted by atomic mass is 10.3. The molecule has 1 fully saturated rings. The zero-order valence-electron chi connectivity index (χ0n) is 11.2. The molecule has 0 bridgehead atoms. The van der Waals surface area contributed by atoms with Crippen LogP contribution in [-0.2, 0) is 4.79 Å². The van der Waals surface area contributed by atoms with E-state index < -0.39 is 6.03 Å². The van der Waals surface area contributed by atoms with E-state index in [1.807, 2.05) is 47.2 Å². The third kappa shape index (κ3) is 2.50. The van der Waals surface area contributed by atoms with Crippen molar-refractivity contribution in [2.75, 3.05) is 7.05 Å². The molecule has 21 heavy (non-hydrogen) atoms. The molecular weight excluding hydrogens is 334 g/mol. The van der Waals surface area contributed by atoms with Crippen molar-refractivity contribution < 1.29 is 9.59 Å². The Kier molecular flexibility index (Phi) is 3.39. The minimum absolute atomic E-state index is 0.275. The number of carbonyl (C=O) groups is 2. The number of nitrogens with zero attached hydrogens (tertiary/aromatic N) is 2. The fourth-order valence-corrected chi connectivity index (χ4v) is 2.53. The van der Waals surface area contributed by atoms with Gasteiger partial charge in [-0.3, -0.25) is 9.69 Å². The molecule has 0 atom stereocenters. The number of carbonyl (C=O) groups excluding carboxylic acids is 2. The first-order valence-corrected chi connectivity index (χ1v) is 7.09. The molecule has 106 valence electrons. The Balaban J connectivity index is 2.01. The standard InChI is InChI=1S/C15H12BrN3O2/c1-18-14(20)13(17-15(18)21)9-12-6-3-7-19(12)11-5-2-4-10(16)8-11/h2-9H,1H3,(H,17,21)/b13-9+. The van der Waals surface area contributed by atoms with Crippen LogP contribution in [0, 0.1) is 0 Å². The van der Waals surface area contributed by atoms with Crippen LogP contribution in [0.5, 0.6) is 0 Å². The van der Waals surface area contributed by atoms with Crippen molar-refractivity contribution in [2.45, 2.75) is 0 Å². The number of likely N-dealkylation sites (N-methyl/N-ethyl adjacent to an activating group) is 1. The van der Waals surface area contributed by atoms with Crippen molar-refractivity contribution in [3.8, 4) is 5.69 Å². The van der Waals surface area contributed by atoms with Gasteiger partial charge in [-0.15, -0.1) is 0 Å². The molecule has 1 saturated heterocycles. The number of nitrogens with one attached hydrogen (secondary N) is 1. The summed E-state index contributed by atoms with van der Waals surface area (Å²) in [6.07, 6.45) is 3.57. The van der Waals surface area contributed by atoms with Gasteiger partial charge in [-0.1, -0.05) is 22.0 Å². The Hall–Kier alpha value is -2.34. The zero-order chi connectivity index (χ0) is 15.0. The summed E-state index contributed by atoms with van der Waals surface area (Å²) in [4.78, 5) is 24.4. The van der Waals surface area contributed by atoms with Gasteiger partial charge < -0.3 is 9.88 Å². The molecule has 2 heterocycles. The highest BCUT2D eigenvalue weighted by molar-refractivity contribution is 9.10. The van der Waals surface area contributed by atoms with Gasteiger partial charge in [0.2, 0.25) is 0 Å². The minimum Gasteiger partial charge on any atom is -0.317 e. The van der Waals surface area contributed by atoms with E-state index >= 15 is 0 Å². The molecule has 5 nitrogen and oxygen atoms in total. The summed E-state index contributed by atoms with van der Waals surface area (Å²) in [7, 11) is 1.45. The van der Waals surface area contributed by atoms with Gasteiger partial charge in [0.15, 0.2) is 0 Å². The smallest absolute Gasteiger partial charge is 0.317 e. The second-order valence-corrected chi connectivity index (χ2v) is 5.55. The van der Waals surface area contributed by atoms with Crippen LogP contribution in [0.25, 0.3) is 11.8 Å². The predicted molar refractivity (Wildman–Crippen MR) is 82.7 cm³/mol. The van der Waals surface area contributed by atoms with Crippen LogP contribution >= 0.6 is 15.9 Å². The Morgan fingerprint density at radius 1 is 1.19 bits per heavy atom. The van der Waals surface area contributed by atoms with Crippen LogP contribution in [-0.4, -0.2) is 28.5 Å². The largest absolute Gasteiger partial charge is 0.328 e. The molecular formula is C15H12BrN3O2. The molecule has 0 spiro atoms. The van der Waals surface area contributed by atoms with Gasteiger partial charge in [0, 0.05) is 29.1 Å². The topological polar surface area (TPSA) is 54.3 Å². The quantitative estimate of drug-likeness (QED) is 0.672. The fraction of sp³-hybridized carbons (Fsp3) is 0.0667. The lowest BCUT2D eigenvalue weighted by molar-refractivity contribution is -0.121. The number of halogens is 1. The second-order valence-electron chi connectivity index (χ2n) is 4.64. The number of amides is 3. The fourth-order valence-electron chi connectivity index (χ4n) is 2.14. The summed E-state index contributed by atoms with van der Waals surface area (Å²) in [5, 5.41) is 2.56. The van der Waals surface area contributed by atoms with E-state index in [1.165, 1.54) is 7.05 Å². The maximum absolute atomic E-state index is 11.9. The highest BCUT2D eigenvalue weighted by Gasteiger charge is 2.30. The van der Waals surface area contributed by atoms with E-state index in [0.29, 0.717) is 0 Å². The summed E-state index contributed by atoms with van der Waals surface area (Å²) in [5.74, 6) is -0.331. The van der Waals surface area contributed by atoms with Crippen LogP contribution in [0.15, 0.2) is 52.8 Å². The monoisotopic (exact) mass is 345 g/mol. The number of benzene rings is 1. The van der Waals surface area contributed by atoms with E-state index in [9.17, 15) is 9.59 Å². The molecule has 6 heteroatoms. The van der Waals surface area contributed by atoms with E-state index in [0.717, 1.165) is 20.8 Å². The summed E-state index contributed by atoms with van der Waals surface area (Å²) in [6, 6.07) is 11.2. The Bertz CT molecular complexity index is 764. The third-order valence-electron chi connectivity index (χ3n) is 3.24. The van der Waals surface area contributed by atoms with Gasteiger partial charge >= 0.3 is 6.03 Å². The Labute approximate surface area is 130 Å². The first-order chi connectivity index (χ1) is 10.1. The van der Waals surface area contributed by atoms with E-state index in [-0.39, 0.29) is 11.6 Å². The molecule has 1 aromatic heterocycles. The molecule has 0 saturated carbocycles. The van der Waals surface area contributed by atoms with Gasteiger partial charge in [0.05, 0.1) is 0 Å². The van der Waals surface area contributed by atoms with Crippen LogP contribution in [0.4, 0.5) is 4.79 Å². The number of imide groups is 1. The molecule has 2 aromatic rings. The third-order valence-corrected chi connectivity index (χ3v) is 3.73. The molecule has 1 aliphatic rings. The number of urea groups is 1. The number of hydrogen-bond acceptors (Lipinski definition) is 2. The van der Waals surface area contributed by atoms with Gasteiger partial charge in [-0.2, -0.15) is 0 Å². The average molecular weight is 346 g/mol. The van der Waals surface area contributed by atoms with Crippen LogP contribution in [0.3, 0.4) is 0 Å². The first-order valence-electron chi connectivity index (χ1n) is 6.30. The summed E-state index contributed by atoms with van der Waals surface area (Å²) >= 11 is 3.44. The van der Waals surface area contributed by atoms with Crippen LogP contribution in [0.2, 0.25) is 0 Å². The van der Waals surface area contributed by atoms with Gasteiger partial charge in [-0.25, -0.2) is 4.79 Å². The maximum atomic E-state index is 11.9. The normalized spacial score (nSPS) is 16.7. The van der Waals surface area contributed by atoms with Gasteiger partial charge in [-0.05, 0) is 36.4 Å². The molecule has 3 amide bonds. The van der Waals surface area contributed by atoms with Crippen LogP contribution < -0.4 is 5.32 Å². The molecule has 1 aromatic carbocycles. The van der Waals surface area contributed by atoms with E-state index in [1.54, 1.807) is 6.08 Å². The van der Waals surface area contributed by atoms with Crippen LogP contribution in [0.1, 0.15) is 5.69 Å². The molecule has 1 N–H and O–H groups in total. The number of aromatic nitrogens is 1. The summed E-state index contributed by atoms with van der Waals surface area (Å²) < 4.78 is 2.91. The highest BCUT2D eigenvalue weighted by atomic mass is 79.9. The Morgan fingerprint density at radius 2 is 2.00 bits per heavy atom. The maximum Gasteiger partial charge on any atom is 0.328 e. The van der Waals surface area contributed by atoms with Crippen molar-refractivity contribution in [2.24, 2.45) is 0 Å². The van der Waals surface area contributed by atoms with Crippen molar-refractivity contribution in [1.29, 1.82) is 0 Å². The zero-order valence-corrected chi connectivity index (χ0v) is 12.8. The van der Waals surface area contributed by atoms with E-state index in [4.69, 9.17) is 0 Å². The van der Waals surface area contributed by atoms with Gasteiger partial charge in [0.25, 0.3) is 5.91 Å². The predicted octanol–water partition coefficient (Wildman–Crippen LogP) is 2.76. The number of rotatable bonds is 2. The van der Waals surface area contributed by atoms with Crippen molar-refractivity contribution >= 4 is 33.9 Å². The molecule has 1 aliphatic heterocycles. The van der Waals surface area contributed by atoms with Gasteiger partial charge in [0.1, 0.15) is 5.70 Å². The van der Waals surface area contributed by atoms with E-state index in [2.05, 4.69) is 21.2 Å². The SMILES string of the molecule is CN1C(=O)N/C(=C/c2cccn2-c2cccc(Br)c2)C1=O. The summed E-state index contributed by atoms with van der Waals surface area (Å²) in [6.45, 7) is 0. The molecule has 3 rings (SSSR count). The molecule has 0 aliphatic carbocycles. The average Bonchev–Trinajstić information content (AvgIpc) is 3.01. The highest BCUT2D eigenvalue weighted by Crippen LogP contribution is 2.20.